The number of likely N-dealkylation sites (tertiary alicyclic amines) is 1. The number of hydrogen-bond donors (Lipinski definition) is 1. The molecule has 1 aromatic rings. The second kappa shape index (κ2) is 7.03. The molecular formula is C18H24N2O4. The van der Waals surface area contributed by atoms with Gasteiger partial charge in [-0.25, -0.2) is 4.79 Å². The molecule has 2 aliphatic rings. The van der Waals surface area contributed by atoms with Crippen molar-refractivity contribution < 1.29 is 19.0 Å². The van der Waals surface area contributed by atoms with E-state index in [1.54, 1.807) is 44.6 Å². The molecule has 6 nitrogen and oxygen atoms in total. The van der Waals surface area contributed by atoms with Gasteiger partial charge in [0.1, 0.15) is 0 Å². The molecule has 1 heterocycles. The molecule has 1 saturated carbocycles. The Labute approximate surface area is 142 Å². The molecule has 2 fully saturated rings. The number of methoxy groups -OCH3 is 3. The van der Waals surface area contributed by atoms with E-state index in [1.807, 2.05) is 4.90 Å². The molecule has 24 heavy (non-hydrogen) atoms. The molecule has 0 atom stereocenters. The van der Waals surface area contributed by atoms with Crippen molar-refractivity contribution in [3.63, 3.8) is 0 Å². The van der Waals surface area contributed by atoms with Gasteiger partial charge in [0.15, 0.2) is 11.5 Å². The van der Waals surface area contributed by atoms with Crippen LogP contribution in [0.3, 0.4) is 0 Å². The maximum Gasteiger partial charge on any atom is 0.321 e. The molecule has 130 valence electrons. The van der Waals surface area contributed by atoms with Crippen molar-refractivity contribution in [2.24, 2.45) is 0 Å². The number of nitrogens with one attached hydrogen (secondary N) is 1. The fourth-order valence-electron chi connectivity index (χ4n) is 3.11. The highest BCUT2D eigenvalue weighted by molar-refractivity contribution is 5.90. The van der Waals surface area contributed by atoms with Crippen molar-refractivity contribution in [2.75, 3.05) is 39.7 Å². The Morgan fingerprint density at radius 3 is 1.92 bits per heavy atom. The summed E-state index contributed by atoms with van der Waals surface area (Å²) in [5.74, 6) is 1.55. The third-order valence-electron chi connectivity index (χ3n) is 4.57. The van der Waals surface area contributed by atoms with E-state index in [0.717, 1.165) is 25.9 Å². The number of benzene rings is 1. The van der Waals surface area contributed by atoms with E-state index in [1.165, 1.54) is 12.8 Å². The monoisotopic (exact) mass is 332 g/mol. The Hall–Kier alpha value is -2.37. The summed E-state index contributed by atoms with van der Waals surface area (Å²) in [7, 11) is 4.67. The predicted octanol–water partition coefficient (Wildman–Crippen LogP) is 3.43. The first-order valence-corrected chi connectivity index (χ1v) is 8.22. The van der Waals surface area contributed by atoms with Crippen LogP contribution in [0.15, 0.2) is 23.3 Å². The number of hydrogen-bond acceptors (Lipinski definition) is 4. The van der Waals surface area contributed by atoms with Crippen molar-refractivity contribution in [1.82, 2.24) is 4.90 Å². The van der Waals surface area contributed by atoms with E-state index in [2.05, 4.69) is 5.32 Å². The largest absolute Gasteiger partial charge is 0.493 e. The van der Waals surface area contributed by atoms with Crippen molar-refractivity contribution >= 4 is 11.7 Å². The SMILES string of the molecule is COc1cc(NC(=O)N2CCC(=C3CC3)CC2)cc(OC)c1OC. The number of carbonyl (C=O) groups excluding carboxylic acids is 1. The van der Waals surface area contributed by atoms with E-state index in [9.17, 15) is 4.79 Å². The number of allylic oxidation sites excluding steroid dienone is 1. The topological polar surface area (TPSA) is 60.0 Å². The minimum Gasteiger partial charge on any atom is -0.493 e. The molecule has 0 radical (unpaired) electrons. The maximum atomic E-state index is 12.5. The van der Waals surface area contributed by atoms with E-state index >= 15 is 0 Å². The molecule has 1 aliphatic carbocycles. The highest BCUT2D eigenvalue weighted by Crippen LogP contribution is 2.40. The number of amides is 2. The Morgan fingerprint density at radius 2 is 1.46 bits per heavy atom. The van der Waals surface area contributed by atoms with Gasteiger partial charge in [-0.05, 0) is 25.7 Å². The van der Waals surface area contributed by atoms with Gasteiger partial charge in [-0.2, -0.15) is 0 Å². The molecule has 3 rings (SSSR count). The average molecular weight is 332 g/mol. The first-order valence-electron chi connectivity index (χ1n) is 8.22. The quantitative estimate of drug-likeness (QED) is 0.858. The van der Waals surface area contributed by atoms with Crippen molar-refractivity contribution in [3.05, 3.63) is 23.3 Å². The highest BCUT2D eigenvalue weighted by atomic mass is 16.5. The third-order valence-corrected chi connectivity index (χ3v) is 4.57. The molecular weight excluding hydrogens is 308 g/mol. The smallest absolute Gasteiger partial charge is 0.321 e. The molecule has 1 aliphatic heterocycles. The molecule has 0 spiro atoms. The molecule has 0 bridgehead atoms. The van der Waals surface area contributed by atoms with Gasteiger partial charge in [-0.15, -0.1) is 0 Å². The summed E-state index contributed by atoms with van der Waals surface area (Å²) in [5.41, 5.74) is 3.80. The van der Waals surface area contributed by atoms with Crippen LogP contribution in [0.5, 0.6) is 17.2 Å². The molecule has 1 saturated heterocycles. The highest BCUT2D eigenvalue weighted by Gasteiger charge is 2.24. The van der Waals surface area contributed by atoms with Crippen LogP contribution in [0, 0.1) is 0 Å². The number of ether oxygens (including phenoxy) is 3. The van der Waals surface area contributed by atoms with Gasteiger partial charge in [-0.3, -0.25) is 0 Å². The van der Waals surface area contributed by atoms with Crippen LogP contribution >= 0.6 is 0 Å². The summed E-state index contributed by atoms with van der Waals surface area (Å²) in [5, 5.41) is 2.93. The second-order valence-electron chi connectivity index (χ2n) is 6.04. The normalized spacial score (nSPS) is 16.7. The van der Waals surface area contributed by atoms with Crippen molar-refractivity contribution in [2.45, 2.75) is 25.7 Å². The Balaban J connectivity index is 1.69. The van der Waals surface area contributed by atoms with Gasteiger partial charge in [0.2, 0.25) is 5.75 Å². The Morgan fingerprint density at radius 1 is 0.917 bits per heavy atom. The van der Waals surface area contributed by atoms with Gasteiger partial charge in [0.05, 0.1) is 27.0 Å². The molecule has 1 N–H and O–H groups in total. The van der Waals surface area contributed by atoms with Crippen molar-refractivity contribution in [3.8, 4) is 17.2 Å². The van der Waals surface area contributed by atoms with Gasteiger partial charge >= 0.3 is 6.03 Å². The van der Waals surface area contributed by atoms with Crippen LogP contribution in [0.4, 0.5) is 10.5 Å². The fourth-order valence-corrected chi connectivity index (χ4v) is 3.11. The number of urea groups is 1. The van der Waals surface area contributed by atoms with Gasteiger partial charge in [0, 0.05) is 25.2 Å². The van der Waals surface area contributed by atoms with E-state index in [-0.39, 0.29) is 6.03 Å². The lowest BCUT2D eigenvalue weighted by Gasteiger charge is -2.28. The lowest BCUT2D eigenvalue weighted by atomic mass is 10.0. The van der Waals surface area contributed by atoms with Crippen molar-refractivity contribution in [1.29, 1.82) is 0 Å². The summed E-state index contributed by atoms with van der Waals surface area (Å²) < 4.78 is 15.9. The fraction of sp³-hybridized carbons (Fsp3) is 0.500. The molecule has 1 aromatic carbocycles. The Bertz CT molecular complexity index is 628. The zero-order valence-electron chi connectivity index (χ0n) is 14.5. The van der Waals surface area contributed by atoms with Crippen LogP contribution in [0.2, 0.25) is 0 Å². The van der Waals surface area contributed by atoms with E-state index in [0.29, 0.717) is 22.9 Å². The van der Waals surface area contributed by atoms with Gasteiger partial charge < -0.3 is 24.4 Å². The number of nitrogens with zero attached hydrogens (tertiary/aromatic N) is 1. The number of carbonyl (C=O) groups is 1. The first kappa shape index (κ1) is 16.5. The Kier molecular flexibility index (Phi) is 4.83. The summed E-state index contributed by atoms with van der Waals surface area (Å²) in [4.78, 5) is 14.4. The lowest BCUT2D eigenvalue weighted by molar-refractivity contribution is 0.207. The minimum absolute atomic E-state index is 0.0934. The number of anilines is 1. The lowest BCUT2D eigenvalue weighted by Crippen LogP contribution is -2.39. The zero-order chi connectivity index (χ0) is 17.1. The molecule has 0 unspecified atom stereocenters. The first-order chi connectivity index (χ1) is 11.7. The molecule has 0 aromatic heterocycles. The van der Waals surface area contributed by atoms with E-state index in [4.69, 9.17) is 14.2 Å². The van der Waals surface area contributed by atoms with Crippen LogP contribution in [-0.4, -0.2) is 45.3 Å². The van der Waals surface area contributed by atoms with Gasteiger partial charge in [0.25, 0.3) is 0 Å². The van der Waals surface area contributed by atoms with Crippen LogP contribution < -0.4 is 19.5 Å². The minimum atomic E-state index is -0.0934. The summed E-state index contributed by atoms with van der Waals surface area (Å²) in [6.07, 6.45) is 4.51. The number of rotatable bonds is 4. The maximum absolute atomic E-state index is 12.5. The standard InChI is InChI=1S/C18H24N2O4/c1-22-15-10-14(11-16(23-2)17(15)24-3)19-18(21)20-8-6-13(7-9-20)12-4-5-12/h10-11H,4-9H2,1-3H3,(H,19,21). The van der Waals surface area contributed by atoms with Gasteiger partial charge in [-0.1, -0.05) is 11.1 Å². The van der Waals surface area contributed by atoms with Crippen LogP contribution in [0.1, 0.15) is 25.7 Å². The summed E-state index contributed by atoms with van der Waals surface area (Å²) in [6, 6.07) is 3.38. The molecule has 6 heteroatoms. The molecule has 2 amide bonds. The zero-order valence-corrected chi connectivity index (χ0v) is 14.5. The van der Waals surface area contributed by atoms with Crippen LogP contribution in [0.25, 0.3) is 0 Å². The number of piperidine rings is 1. The van der Waals surface area contributed by atoms with Crippen LogP contribution in [-0.2, 0) is 0 Å². The average Bonchev–Trinajstić information content (AvgIpc) is 3.46. The van der Waals surface area contributed by atoms with E-state index < -0.39 is 0 Å². The third kappa shape index (κ3) is 3.42. The second-order valence-corrected chi connectivity index (χ2v) is 6.04. The summed E-state index contributed by atoms with van der Waals surface area (Å²) in [6.45, 7) is 1.55. The summed E-state index contributed by atoms with van der Waals surface area (Å²) >= 11 is 0. The predicted molar refractivity (Wildman–Crippen MR) is 92.2 cm³/mol.